The molecule has 6 rings (SSSR count). The van der Waals surface area contributed by atoms with Gasteiger partial charge in [0.25, 0.3) is 0 Å². The summed E-state index contributed by atoms with van der Waals surface area (Å²) in [6.07, 6.45) is 1.90. The molecular formula is C36H46O11. The second-order valence-electron chi connectivity index (χ2n) is 15.4. The number of hydrogen-bond acceptors (Lipinski definition) is 11. The van der Waals surface area contributed by atoms with Crippen molar-refractivity contribution in [1.82, 2.24) is 0 Å². The van der Waals surface area contributed by atoms with Crippen LogP contribution in [-0.4, -0.2) is 59.2 Å². The van der Waals surface area contributed by atoms with Crippen molar-refractivity contribution >= 4 is 29.7 Å². The van der Waals surface area contributed by atoms with Gasteiger partial charge in [-0.25, -0.2) is 0 Å². The molecule has 5 aliphatic rings. The second kappa shape index (κ2) is 10.8. The van der Waals surface area contributed by atoms with E-state index in [-0.39, 0.29) is 24.8 Å². The number of furan rings is 1. The Morgan fingerprint density at radius 3 is 2.40 bits per heavy atom. The lowest BCUT2D eigenvalue weighted by Gasteiger charge is -2.66. The van der Waals surface area contributed by atoms with Crippen LogP contribution in [-0.2, 0) is 42.9 Å². The number of Topliss-reactive ketones (excluding diaryl/α,β-unsaturated/α-hetero) is 1. The molecule has 0 spiro atoms. The molecule has 0 aromatic carbocycles. The maximum Gasteiger partial charge on any atom is 0.310 e. The van der Waals surface area contributed by atoms with E-state index in [2.05, 4.69) is 0 Å². The number of hydrogen-bond donors (Lipinski definition) is 1. The van der Waals surface area contributed by atoms with E-state index in [0.717, 1.165) is 0 Å². The lowest BCUT2D eigenvalue weighted by Crippen LogP contribution is -2.79. The lowest BCUT2D eigenvalue weighted by molar-refractivity contribution is -0.280. The first kappa shape index (κ1) is 33.4. The van der Waals surface area contributed by atoms with Crippen molar-refractivity contribution in [1.29, 1.82) is 0 Å². The summed E-state index contributed by atoms with van der Waals surface area (Å²) in [6, 6.07) is 1.72. The molecule has 1 aromatic heterocycles. The Kier molecular flexibility index (Phi) is 7.66. The van der Waals surface area contributed by atoms with Crippen LogP contribution in [0.3, 0.4) is 0 Å². The zero-order valence-electron chi connectivity index (χ0n) is 28.5. The number of ketones is 1. The van der Waals surface area contributed by atoms with Gasteiger partial charge in [-0.3, -0.25) is 24.0 Å². The van der Waals surface area contributed by atoms with Gasteiger partial charge >= 0.3 is 23.9 Å². The molecule has 11 heteroatoms. The van der Waals surface area contributed by atoms with E-state index in [0.29, 0.717) is 30.4 Å². The summed E-state index contributed by atoms with van der Waals surface area (Å²) in [4.78, 5) is 68.9. The quantitative estimate of drug-likeness (QED) is 0.304. The number of methoxy groups -OCH3 is 1. The fourth-order valence-electron chi connectivity index (χ4n) is 10.2. The van der Waals surface area contributed by atoms with Crippen molar-refractivity contribution < 1.29 is 52.4 Å². The minimum atomic E-state index is -2.50. The van der Waals surface area contributed by atoms with Gasteiger partial charge in [-0.05, 0) is 42.7 Å². The number of carbonyl (C=O) groups is 5. The van der Waals surface area contributed by atoms with Crippen molar-refractivity contribution in [3.05, 3.63) is 35.3 Å². The SMILES string of the molecule is CCC(C)C(=O)OC12CC3(C)C(OC(=O)C(C)C)C1(O)C(=O)C1=C4CC(=O)OC(c5ccoc5)C4(C)CCC1C2(C)C3CC(=O)OC. The molecule has 10 unspecified atom stereocenters. The van der Waals surface area contributed by atoms with Gasteiger partial charge in [0.1, 0.15) is 12.2 Å². The Morgan fingerprint density at radius 2 is 1.81 bits per heavy atom. The highest BCUT2D eigenvalue weighted by molar-refractivity contribution is 6.08. The molecule has 10 atom stereocenters. The van der Waals surface area contributed by atoms with Gasteiger partial charge in [-0.15, -0.1) is 0 Å². The number of ether oxygens (including phenoxy) is 4. The summed E-state index contributed by atoms with van der Waals surface area (Å²) in [6.45, 7) is 12.5. The topological polar surface area (TPSA) is 156 Å². The van der Waals surface area contributed by atoms with Crippen LogP contribution in [0.25, 0.3) is 0 Å². The maximum atomic E-state index is 15.3. The molecular weight excluding hydrogens is 608 g/mol. The Bertz CT molecular complexity index is 1560. The molecule has 11 nitrogen and oxygen atoms in total. The number of aliphatic hydroxyl groups is 1. The molecule has 4 fully saturated rings. The molecule has 2 heterocycles. The van der Waals surface area contributed by atoms with Crippen molar-refractivity contribution in [2.75, 3.05) is 7.11 Å². The average molecular weight is 655 g/mol. The zero-order chi connectivity index (χ0) is 34.5. The fourth-order valence-corrected chi connectivity index (χ4v) is 10.2. The van der Waals surface area contributed by atoms with Gasteiger partial charge in [-0.2, -0.15) is 0 Å². The molecule has 0 radical (unpaired) electrons. The van der Waals surface area contributed by atoms with Crippen molar-refractivity contribution in [2.24, 2.45) is 39.9 Å². The molecule has 1 aromatic rings. The van der Waals surface area contributed by atoms with Crippen LogP contribution >= 0.6 is 0 Å². The van der Waals surface area contributed by atoms with Gasteiger partial charge in [-0.1, -0.05) is 48.5 Å². The van der Waals surface area contributed by atoms with Crippen molar-refractivity contribution in [2.45, 2.75) is 110 Å². The summed E-state index contributed by atoms with van der Waals surface area (Å²) in [5.41, 5.74) is -6.06. The monoisotopic (exact) mass is 654 g/mol. The number of rotatable bonds is 8. The van der Waals surface area contributed by atoms with E-state index >= 15 is 4.79 Å². The summed E-state index contributed by atoms with van der Waals surface area (Å²) in [5.74, 6) is -5.36. The number of cyclic esters (lactones) is 1. The summed E-state index contributed by atoms with van der Waals surface area (Å²) >= 11 is 0. The number of esters is 4. The largest absolute Gasteiger partial charge is 0.472 e. The van der Waals surface area contributed by atoms with Crippen LogP contribution in [0, 0.1) is 39.9 Å². The van der Waals surface area contributed by atoms with Crippen LogP contribution in [0.5, 0.6) is 0 Å². The summed E-state index contributed by atoms with van der Waals surface area (Å²) < 4.78 is 29.0. The van der Waals surface area contributed by atoms with Crippen LogP contribution in [0.4, 0.5) is 0 Å². The standard InChI is InChI=1S/C36H46O11/c1-9-19(4)30(41)47-35-17-33(6)23(15-24(37)43-8)34(35,7)21-10-12-32(5)22(14-25(38)45-28(32)20-11-13-44-16-20)26(21)27(39)36(35,42)31(33)46-29(40)18(2)3/h11,13,16,18-19,21,23,28,31,42H,9-10,12,14-15,17H2,1-8H3. The van der Waals surface area contributed by atoms with E-state index in [1.54, 1.807) is 33.8 Å². The molecule has 256 valence electrons. The predicted octanol–water partition coefficient (Wildman–Crippen LogP) is 4.80. The Balaban J connectivity index is 1.65. The molecule has 1 N–H and O–H groups in total. The minimum Gasteiger partial charge on any atom is -0.472 e. The fraction of sp³-hybridized carbons (Fsp3) is 0.694. The van der Waals surface area contributed by atoms with E-state index in [9.17, 15) is 24.3 Å². The first-order chi connectivity index (χ1) is 22.0. The molecule has 4 aliphatic carbocycles. The van der Waals surface area contributed by atoms with E-state index in [1.165, 1.54) is 19.6 Å². The molecule has 47 heavy (non-hydrogen) atoms. The summed E-state index contributed by atoms with van der Waals surface area (Å²) in [5, 5.41) is 13.2. The number of fused-ring (bicyclic) bond motifs is 4. The average Bonchev–Trinajstić information content (AvgIpc) is 3.68. The molecule has 1 aliphatic heterocycles. The third-order valence-corrected chi connectivity index (χ3v) is 12.8. The molecule has 1 saturated heterocycles. The van der Waals surface area contributed by atoms with Crippen molar-refractivity contribution in [3.8, 4) is 0 Å². The zero-order valence-corrected chi connectivity index (χ0v) is 28.5. The Hall–Kier alpha value is -3.47. The lowest BCUT2D eigenvalue weighted by atomic mass is 9.41. The van der Waals surface area contributed by atoms with Crippen LogP contribution in [0.2, 0.25) is 0 Å². The maximum absolute atomic E-state index is 15.3. The smallest absolute Gasteiger partial charge is 0.310 e. The van der Waals surface area contributed by atoms with E-state index in [1.807, 2.05) is 20.8 Å². The minimum absolute atomic E-state index is 0.00527. The highest BCUT2D eigenvalue weighted by Gasteiger charge is 2.92. The number of carbonyl (C=O) groups excluding carboxylic acids is 5. The normalized spacial score (nSPS) is 40.8. The van der Waals surface area contributed by atoms with Crippen LogP contribution in [0.1, 0.15) is 98.7 Å². The van der Waals surface area contributed by atoms with Gasteiger partial charge in [0.2, 0.25) is 5.60 Å². The van der Waals surface area contributed by atoms with E-state index < -0.39 is 93.0 Å². The third kappa shape index (κ3) is 4.10. The van der Waals surface area contributed by atoms with E-state index in [4.69, 9.17) is 23.4 Å². The highest BCUT2D eigenvalue weighted by atomic mass is 16.6. The van der Waals surface area contributed by atoms with Gasteiger partial charge < -0.3 is 28.5 Å². The third-order valence-electron chi connectivity index (χ3n) is 12.8. The van der Waals surface area contributed by atoms with Crippen LogP contribution in [0.15, 0.2) is 34.2 Å². The van der Waals surface area contributed by atoms with Crippen LogP contribution < -0.4 is 0 Å². The Morgan fingerprint density at radius 1 is 1.11 bits per heavy atom. The van der Waals surface area contributed by atoms with Gasteiger partial charge in [0.15, 0.2) is 11.4 Å². The first-order valence-electron chi connectivity index (χ1n) is 16.7. The van der Waals surface area contributed by atoms with Crippen molar-refractivity contribution in [3.63, 3.8) is 0 Å². The second-order valence-corrected chi connectivity index (χ2v) is 15.4. The first-order valence-corrected chi connectivity index (χ1v) is 16.7. The Labute approximate surface area is 274 Å². The van der Waals surface area contributed by atoms with Gasteiger partial charge in [0.05, 0.1) is 37.9 Å². The predicted molar refractivity (Wildman–Crippen MR) is 164 cm³/mol. The molecule has 2 bridgehead atoms. The summed E-state index contributed by atoms with van der Waals surface area (Å²) in [7, 11) is 1.29. The van der Waals surface area contributed by atoms with Gasteiger partial charge in [0, 0.05) is 40.2 Å². The highest BCUT2D eigenvalue weighted by Crippen LogP contribution is 2.81. The molecule has 0 amide bonds. The molecule has 3 saturated carbocycles.